The van der Waals surface area contributed by atoms with Crippen LogP contribution < -0.4 is 5.32 Å². The number of carbonyl (C=O) groups is 2. The quantitative estimate of drug-likeness (QED) is 0.788. The fraction of sp³-hybridized carbons (Fsp3) is 0.348. The number of aryl methyl sites for hydroxylation is 2. The number of hydrogen-bond acceptors (Lipinski definition) is 4. The van der Waals surface area contributed by atoms with E-state index in [-0.39, 0.29) is 11.8 Å². The highest BCUT2D eigenvalue weighted by Gasteiger charge is 2.38. The molecule has 6 heteroatoms. The molecule has 1 aliphatic carbocycles. The highest BCUT2D eigenvalue weighted by molar-refractivity contribution is 7.13. The summed E-state index contributed by atoms with van der Waals surface area (Å²) in [5.41, 5.74) is 3.37. The van der Waals surface area contributed by atoms with Crippen molar-refractivity contribution in [2.75, 3.05) is 18.4 Å². The number of nitrogens with one attached hydrogen (secondary N) is 1. The Hall–Kier alpha value is -2.73. The molecule has 1 saturated heterocycles. The zero-order valence-electron chi connectivity index (χ0n) is 16.4. The van der Waals surface area contributed by atoms with E-state index in [4.69, 9.17) is 0 Å². The predicted molar refractivity (Wildman–Crippen MR) is 115 cm³/mol. The third-order valence-corrected chi connectivity index (χ3v) is 7.12. The van der Waals surface area contributed by atoms with Gasteiger partial charge in [-0.2, -0.15) is 0 Å². The number of carbonyl (C=O) groups excluding carboxylic acids is 2. The van der Waals surface area contributed by atoms with Gasteiger partial charge in [0.15, 0.2) is 0 Å². The Morgan fingerprint density at radius 1 is 1.31 bits per heavy atom. The van der Waals surface area contributed by atoms with Gasteiger partial charge in [-0.1, -0.05) is 6.08 Å². The molecule has 2 unspecified atom stereocenters. The number of fused-ring (bicyclic) bond motifs is 2. The summed E-state index contributed by atoms with van der Waals surface area (Å²) in [5.74, 6) is 1.72. The molecule has 0 saturated carbocycles. The zero-order chi connectivity index (χ0) is 20.0. The first-order chi connectivity index (χ1) is 14.0. The minimum absolute atomic E-state index is 0.00877. The Labute approximate surface area is 174 Å². The number of anilines is 1. The molecule has 2 amide bonds. The zero-order valence-corrected chi connectivity index (χ0v) is 17.2. The second-order valence-corrected chi connectivity index (χ2v) is 9.42. The van der Waals surface area contributed by atoms with Crippen molar-refractivity contribution < 1.29 is 9.59 Å². The van der Waals surface area contributed by atoms with E-state index >= 15 is 0 Å². The molecule has 5 rings (SSSR count). The second kappa shape index (κ2) is 7.26. The van der Waals surface area contributed by atoms with Gasteiger partial charge >= 0.3 is 0 Å². The molecule has 5 nitrogen and oxygen atoms in total. The highest BCUT2D eigenvalue weighted by Crippen LogP contribution is 2.42. The molecule has 2 aromatic rings. The van der Waals surface area contributed by atoms with Crippen LogP contribution in [0.5, 0.6) is 0 Å². The van der Waals surface area contributed by atoms with Crippen molar-refractivity contribution in [3.8, 4) is 0 Å². The molecular weight excluding hydrogens is 382 g/mol. The lowest BCUT2D eigenvalue weighted by atomic mass is 10.00. The predicted octanol–water partition coefficient (Wildman–Crippen LogP) is 3.91. The number of allylic oxidation sites excluding steroid dienone is 1. The molecular formula is C23H23N3O2S. The number of nitrogens with zero attached hydrogens (tertiary/aromatic N) is 2. The van der Waals surface area contributed by atoms with Crippen LogP contribution in [0.4, 0.5) is 5.82 Å². The van der Waals surface area contributed by atoms with E-state index in [0.29, 0.717) is 30.5 Å². The van der Waals surface area contributed by atoms with Gasteiger partial charge in [-0.3, -0.25) is 9.59 Å². The van der Waals surface area contributed by atoms with Crippen molar-refractivity contribution in [3.05, 3.63) is 57.4 Å². The van der Waals surface area contributed by atoms with E-state index in [9.17, 15) is 9.59 Å². The number of rotatable bonds is 3. The number of amides is 2. The Balaban J connectivity index is 1.23. The summed E-state index contributed by atoms with van der Waals surface area (Å²) in [6.07, 6.45) is 9.81. The lowest BCUT2D eigenvalue weighted by molar-refractivity contribution is -0.125. The smallest absolute Gasteiger partial charge is 0.246 e. The summed E-state index contributed by atoms with van der Waals surface area (Å²) in [5, 5.41) is 2.78. The van der Waals surface area contributed by atoms with Crippen LogP contribution in [0.1, 0.15) is 33.7 Å². The lowest BCUT2D eigenvalue weighted by Gasteiger charge is -2.16. The first-order valence-electron chi connectivity index (χ1n) is 10.1. The Bertz CT molecular complexity index is 1050. The molecule has 2 atom stereocenters. The standard InChI is InChI=1S/C23H23N3O2S/c1-14-2-5-20(29-14)17-9-18-12-26(13-19(18)10-17)22(28)7-3-15-8-16-4-6-21(27)25-23(16)24-11-15/h2-3,5,7-9,11,18-19H,4,6,10,12-13H2,1H3,(H,24,25,27). The van der Waals surface area contributed by atoms with Crippen molar-refractivity contribution >= 4 is 40.6 Å². The first-order valence-corrected chi connectivity index (χ1v) is 10.9. The van der Waals surface area contributed by atoms with Gasteiger partial charge in [-0.05, 0) is 72.6 Å². The molecule has 1 N–H and O–H groups in total. The molecule has 0 spiro atoms. The summed E-state index contributed by atoms with van der Waals surface area (Å²) in [6.45, 7) is 3.77. The number of thiophene rings is 1. The van der Waals surface area contributed by atoms with E-state index < -0.39 is 0 Å². The third kappa shape index (κ3) is 3.65. The van der Waals surface area contributed by atoms with Gasteiger partial charge in [-0.15, -0.1) is 11.3 Å². The summed E-state index contributed by atoms with van der Waals surface area (Å²) in [4.78, 5) is 33.1. The molecule has 3 aliphatic rings. The maximum absolute atomic E-state index is 12.7. The average Bonchev–Trinajstić information content (AvgIpc) is 3.40. The SMILES string of the molecule is Cc1ccc(C2=CC3CN(C(=O)C=Cc4cnc5c(c4)CCC(=O)N5)CC3C2)s1. The van der Waals surface area contributed by atoms with E-state index in [2.05, 4.69) is 35.4 Å². The molecule has 1 fully saturated rings. The molecule has 0 aromatic carbocycles. The summed E-state index contributed by atoms with van der Waals surface area (Å²) in [6, 6.07) is 6.40. The summed E-state index contributed by atoms with van der Waals surface area (Å²) in [7, 11) is 0. The van der Waals surface area contributed by atoms with Crippen molar-refractivity contribution in [1.29, 1.82) is 0 Å². The molecule has 2 aliphatic heterocycles. The summed E-state index contributed by atoms with van der Waals surface area (Å²) < 4.78 is 0. The number of likely N-dealkylation sites (tertiary alicyclic amines) is 1. The van der Waals surface area contributed by atoms with Gasteiger partial charge in [0.05, 0.1) is 0 Å². The maximum atomic E-state index is 12.7. The van der Waals surface area contributed by atoms with Gasteiger partial charge in [0.25, 0.3) is 0 Å². The fourth-order valence-electron chi connectivity index (χ4n) is 4.52. The Morgan fingerprint density at radius 3 is 3.00 bits per heavy atom. The number of aromatic nitrogens is 1. The van der Waals surface area contributed by atoms with E-state index in [1.165, 1.54) is 15.3 Å². The van der Waals surface area contributed by atoms with Crippen LogP contribution in [0.2, 0.25) is 0 Å². The van der Waals surface area contributed by atoms with Gasteiger partial charge in [0.2, 0.25) is 11.8 Å². The van der Waals surface area contributed by atoms with Gasteiger partial charge in [0.1, 0.15) is 5.82 Å². The van der Waals surface area contributed by atoms with E-state index in [1.807, 2.05) is 28.4 Å². The van der Waals surface area contributed by atoms with Gasteiger partial charge in [-0.25, -0.2) is 4.98 Å². The van der Waals surface area contributed by atoms with Crippen LogP contribution in [0.3, 0.4) is 0 Å². The first kappa shape index (κ1) is 18.3. The van der Waals surface area contributed by atoms with Crippen molar-refractivity contribution in [2.45, 2.75) is 26.2 Å². The number of hydrogen-bond donors (Lipinski definition) is 1. The Morgan fingerprint density at radius 2 is 2.21 bits per heavy atom. The van der Waals surface area contributed by atoms with E-state index in [1.54, 1.807) is 12.3 Å². The minimum Gasteiger partial charge on any atom is -0.338 e. The fourth-order valence-corrected chi connectivity index (χ4v) is 5.42. The average molecular weight is 406 g/mol. The normalized spacial score (nSPS) is 23.1. The third-order valence-electron chi connectivity index (χ3n) is 6.04. The molecule has 0 radical (unpaired) electrons. The summed E-state index contributed by atoms with van der Waals surface area (Å²) >= 11 is 1.86. The number of pyridine rings is 1. The maximum Gasteiger partial charge on any atom is 0.246 e. The van der Waals surface area contributed by atoms with Crippen LogP contribution >= 0.6 is 11.3 Å². The van der Waals surface area contributed by atoms with Gasteiger partial charge in [0, 0.05) is 41.5 Å². The second-order valence-electron chi connectivity index (χ2n) is 8.13. The minimum atomic E-state index is 0.00877. The molecule has 29 heavy (non-hydrogen) atoms. The van der Waals surface area contributed by atoms with Crippen molar-refractivity contribution in [3.63, 3.8) is 0 Å². The highest BCUT2D eigenvalue weighted by atomic mass is 32.1. The topological polar surface area (TPSA) is 62.3 Å². The molecule has 0 bridgehead atoms. The van der Waals surface area contributed by atoms with E-state index in [0.717, 1.165) is 30.6 Å². The molecule has 2 aromatic heterocycles. The largest absolute Gasteiger partial charge is 0.338 e. The molecule has 4 heterocycles. The van der Waals surface area contributed by atoms with Crippen molar-refractivity contribution in [1.82, 2.24) is 9.88 Å². The van der Waals surface area contributed by atoms with Crippen molar-refractivity contribution in [2.24, 2.45) is 11.8 Å². The van der Waals surface area contributed by atoms with Crippen LogP contribution in [0.15, 0.2) is 36.5 Å². The lowest BCUT2D eigenvalue weighted by Crippen LogP contribution is -2.27. The van der Waals surface area contributed by atoms with Crippen LogP contribution in [-0.4, -0.2) is 34.8 Å². The van der Waals surface area contributed by atoms with Crippen LogP contribution in [0.25, 0.3) is 11.6 Å². The van der Waals surface area contributed by atoms with Crippen LogP contribution in [0, 0.1) is 18.8 Å². The van der Waals surface area contributed by atoms with Gasteiger partial charge < -0.3 is 10.2 Å². The molecule has 148 valence electrons. The monoisotopic (exact) mass is 405 g/mol. The Kier molecular flexibility index (Phi) is 4.59. The van der Waals surface area contributed by atoms with Crippen LogP contribution in [-0.2, 0) is 16.0 Å².